The number of nitrogens with one attached hydrogen (secondary N) is 2. The van der Waals surface area contributed by atoms with Crippen LogP contribution in [-0.4, -0.2) is 23.3 Å². The lowest BCUT2D eigenvalue weighted by atomic mass is 9.93. The van der Waals surface area contributed by atoms with E-state index in [1.54, 1.807) is 24.3 Å². The Bertz CT molecular complexity index is 747. The molecule has 0 atom stereocenters. The van der Waals surface area contributed by atoms with Gasteiger partial charge in [0.1, 0.15) is 11.6 Å². The predicted molar refractivity (Wildman–Crippen MR) is 88.0 cm³/mol. The van der Waals surface area contributed by atoms with E-state index in [2.05, 4.69) is 10.3 Å². The fraction of sp³-hybridized carbons (Fsp3) is 0.294. The summed E-state index contributed by atoms with van der Waals surface area (Å²) in [5, 5.41) is 2.78. The minimum absolute atomic E-state index is 0.0314. The van der Waals surface area contributed by atoms with Gasteiger partial charge in [-0.3, -0.25) is 9.59 Å². The van der Waals surface area contributed by atoms with Crippen molar-refractivity contribution in [2.24, 2.45) is 0 Å². The van der Waals surface area contributed by atoms with Crippen LogP contribution in [0.3, 0.4) is 0 Å². The first-order chi connectivity index (χ1) is 11.1. The third kappa shape index (κ3) is 2.92. The van der Waals surface area contributed by atoms with E-state index < -0.39 is 0 Å². The Hall–Kier alpha value is -2.76. The van der Waals surface area contributed by atoms with Crippen molar-refractivity contribution in [1.82, 2.24) is 4.98 Å². The van der Waals surface area contributed by atoms with Crippen LogP contribution in [0.15, 0.2) is 24.3 Å². The number of aryl methyl sites for hydroxylation is 1. The van der Waals surface area contributed by atoms with Crippen LogP contribution in [-0.2, 0) is 6.42 Å². The van der Waals surface area contributed by atoms with E-state index in [9.17, 15) is 9.59 Å². The van der Waals surface area contributed by atoms with E-state index in [0.717, 1.165) is 24.3 Å². The molecule has 1 aliphatic rings. The van der Waals surface area contributed by atoms with Crippen LogP contribution in [0.2, 0.25) is 0 Å². The van der Waals surface area contributed by atoms with Crippen LogP contribution in [0, 0.1) is 0 Å². The van der Waals surface area contributed by atoms with Crippen molar-refractivity contribution >= 4 is 23.2 Å². The average molecular weight is 313 g/mol. The van der Waals surface area contributed by atoms with Crippen LogP contribution in [0.5, 0.6) is 5.75 Å². The fourth-order valence-corrected chi connectivity index (χ4v) is 2.85. The second-order valence-corrected chi connectivity index (χ2v) is 5.46. The van der Waals surface area contributed by atoms with E-state index in [4.69, 9.17) is 10.5 Å². The van der Waals surface area contributed by atoms with E-state index in [1.165, 1.54) is 0 Å². The number of hydrogen-bond acceptors (Lipinski definition) is 4. The summed E-state index contributed by atoms with van der Waals surface area (Å²) < 4.78 is 5.36. The molecule has 1 aromatic heterocycles. The molecule has 1 heterocycles. The fourth-order valence-electron chi connectivity index (χ4n) is 2.85. The Morgan fingerprint density at radius 3 is 2.74 bits per heavy atom. The molecule has 6 heteroatoms. The smallest absolute Gasteiger partial charge is 0.260 e. The highest BCUT2D eigenvalue weighted by Crippen LogP contribution is 2.29. The number of carbonyl (C=O) groups is 2. The Labute approximate surface area is 134 Å². The molecule has 0 spiro atoms. The number of nitrogen functional groups attached to an aromatic ring is 1. The standard InChI is InChI=1S/C17H19N3O3/c1-2-23-11-8-6-10(7-9-11)19-17(22)15-14-12(20-16(15)18)4-3-5-13(14)21/h6-9,20H,2-5,18H2,1H3,(H,19,22). The molecule has 1 aliphatic carbocycles. The summed E-state index contributed by atoms with van der Waals surface area (Å²) in [5.74, 6) is 0.573. The molecule has 1 aromatic carbocycles. The number of amides is 1. The first-order valence-corrected chi connectivity index (χ1v) is 7.68. The molecule has 0 saturated carbocycles. The minimum atomic E-state index is -0.376. The molecule has 3 rings (SSSR count). The highest BCUT2D eigenvalue weighted by molar-refractivity contribution is 6.16. The third-order valence-electron chi connectivity index (χ3n) is 3.87. The zero-order chi connectivity index (χ0) is 16.4. The number of aromatic amines is 1. The molecule has 0 saturated heterocycles. The summed E-state index contributed by atoms with van der Waals surface area (Å²) in [4.78, 5) is 27.6. The summed E-state index contributed by atoms with van der Waals surface area (Å²) in [7, 11) is 0. The van der Waals surface area contributed by atoms with Crippen molar-refractivity contribution in [3.63, 3.8) is 0 Å². The number of carbonyl (C=O) groups excluding carboxylic acids is 2. The van der Waals surface area contributed by atoms with Crippen LogP contribution < -0.4 is 15.8 Å². The molecule has 0 bridgehead atoms. The molecule has 4 N–H and O–H groups in total. The van der Waals surface area contributed by atoms with Gasteiger partial charge in [0.05, 0.1) is 17.7 Å². The summed E-state index contributed by atoms with van der Waals surface area (Å²) in [6, 6.07) is 7.06. The van der Waals surface area contributed by atoms with Gasteiger partial charge in [0.25, 0.3) is 5.91 Å². The maximum absolute atomic E-state index is 12.5. The van der Waals surface area contributed by atoms with Crippen LogP contribution in [0.1, 0.15) is 46.2 Å². The van der Waals surface area contributed by atoms with Crippen LogP contribution >= 0.6 is 0 Å². The molecule has 120 valence electrons. The Balaban J connectivity index is 1.84. The second kappa shape index (κ2) is 6.16. The van der Waals surface area contributed by atoms with Gasteiger partial charge in [-0.15, -0.1) is 0 Å². The number of nitrogens with two attached hydrogens (primary N) is 1. The number of benzene rings is 1. The number of hydrogen-bond donors (Lipinski definition) is 3. The maximum atomic E-state index is 12.5. The number of rotatable bonds is 4. The summed E-state index contributed by atoms with van der Waals surface area (Å²) in [6.07, 6.45) is 1.97. The SMILES string of the molecule is CCOc1ccc(NC(=O)c2c(N)[nH]c3c2C(=O)CCC3)cc1. The van der Waals surface area contributed by atoms with Crippen molar-refractivity contribution in [2.45, 2.75) is 26.2 Å². The highest BCUT2D eigenvalue weighted by Gasteiger charge is 2.28. The molecule has 0 fully saturated rings. The van der Waals surface area contributed by atoms with Crippen LogP contribution in [0.25, 0.3) is 0 Å². The van der Waals surface area contributed by atoms with Gasteiger partial charge in [0.2, 0.25) is 0 Å². The molecule has 2 aromatic rings. The second-order valence-electron chi connectivity index (χ2n) is 5.46. The van der Waals surface area contributed by atoms with Gasteiger partial charge in [-0.2, -0.15) is 0 Å². The Morgan fingerprint density at radius 2 is 2.04 bits per heavy atom. The number of fused-ring (bicyclic) bond motifs is 1. The molecule has 6 nitrogen and oxygen atoms in total. The average Bonchev–Trinajstić information content (AvgIpc) is 2.87. The summed E-state index contributed by atoms with van der Waals surface area (Å²) in [6.45, 7) is 2.49. The van der Waals surface area contributed by atoms with E-state index in [-0.39, 0.29) is 23.1 Å². The molecule has 1 amide bonds. The first-order valence-electron chi connectivity index (χ1n) is 7.68. The number of aromatic nitrogens is 1. The zero-order valence-corrected chi connectivity index (χ0v) is 12.9. The normalized spacial score (nSPS) is 13.5. The number of H-pyrrole nitrogens is 1. The molecule has 0 unspecified atom stereocenters. The lowest BCUT2D eigenvalue weighted by Gasteiger charge is -2.12. The predicted octanol–water partition coefficient (Wildman–Crippen LogP) is 2.77. The van der Waals surface area contributed by atoms with Gasteiger partial charge in [-0.25, -0.2) is 0 Å². The zero-order valence-electron chi connectivity index (χ0n) is 12.9. The molecule has 23 heavy (non-hydrogen) atoms. The minimum Gasteiger partial charge on any atom is -0.494 e. The van der Waals surface area contributed by atoms with Gasteiger partial charge in [-0.1, -0.05) is 0 Å². The topological polar surface area (TPSA) is 97.2 Å². The van der Waals surface area contributed by atoms with Crippen molar-refractivity contribution in [3.8, 4) is 5.75 Å². The first kappa shape index (κ1) is 15.1. The van der Waals surface area contributed by atoms with Crippen LogP contribution in [0.4, 0.5) is 11.5 Å². The quantitative estimate of drug-likeness (QED) is 0.808. The van der Waals surface area contributed by atoms with E-state index in [1.807, 2.05) is 6.92 Å². The van der Waals surface area contributed by atoms with E-state index >= 15 is 0 Å². The number of ketones is 1. The summed E-state index contributed by atoms with van der Waals surface area (Å²) >= 11 is 0. The summed E-state index contributed by atoms with van der Waals surface area (Å²) in [5.41, 5.74) is 7.98. The number of Topliss-reactive ketones (excluding diaryl/α,β-unsaturated/α-hetero) is 1. The maximum Gasteiger partial charge on any atom is 0.260 e. The molecular formula is C17H19N3O3. The van der Waals surface area contributed by atoms with Gasteiger partial charge in [-0.05, 0) is 44.0 Å². The number of ether oxygens (including phenoxy) is 1. The van der Waals surface area contributed by atoms with Gasteiger partial charge < -0.3 is 20.8 Å². The van der Waals surface area contributed by atoms with E-state index in [0.29, 0.717) is 24.3 Å². The van der Waals surface area contributed by atoms with Crippen molar-refractivity contribution in [2.75, 3.05) is 17.7 Å². The lowest BCUT2D eigenvalue weighted by Crippen LogP contribution is -2.18. The van der Waals surface area contributed by atoms with Gasteiger partial charge >= 0.3 is 0 Å². The molecule has 0 radical (unpaired) electrons. The largest absolute Gasteiger partial charge is 0.494 e. The van der Waals surface area contributed by atoms with Gasteiger partial charge in [0.15, 0.2) is 5.78 Å². The molecular weight excluding hydrogens is 294 g/mol. The van der Waals surface area contributed by atoms with Crippen molar-refractivity contribution in [3.05, 3.63) is 41.1 Å². The van der Waals surface area contributed by atoms with Crippen molar-refractivity contribution < 1.29 is 14.3 Å². The van der Waals surface area contributed by atoms with Crippen molar-refractivity contribution in [1.29, 1.82) is 0 Å². The number of anilines is 2. The highest BCUT2D eigenvalue weighted by atomic mass is 16.5. The molecule has 0 aliphatic heterocycles. The lowest BCUT2D eigenvalue weighted by molar-refractivity contribution is 0.0956. The monoisotopic (exact) mass is 313 g/mol. The third-order valence-corrected chi connectivity index (χ3v) is 3.87. The Morgan fingerprint density at radius 1 is 1.30 bits per heavy atom. The van der Waals surface area contributed by atoms with Gasteiger partial charge in [0, 0.05) is 17.8 Å². The Kier molecular flexibility index (Phi) is 4.06.